The molecular weight excluding hydrogens is 192 g/mol. The Hall–Kier alpha value is -0.770. The Morgan fingerprint density at radius 1 is 1.47 bits per heavy atom. The molecule has 3 N–H and O–H groups in total. The molecule has 1 amide bonds. The van der Waals surface area contributed by atoms with Gasteiger partial charge < -0.3 is 15.8 Å². The van der Waals surface area contributed by atoms with Gasteiger partial charge in [0.1, 0.15) is 5.60 Å². The molecule has 0 spiro atoms. The number of hydrogen-bond donors (Lipinski definition) is 2. The van der Waals surface area contributed by atoms with Crippen molar-refractivity contribution in [3.05, 3.63) is 0 Å². The van der Waals surface area contributed by atoms with Gasteiger partial charge in [-0.1, -0.05) is 0 Å². The normalized spacial score (nSPS) is 19.2. The molecule has 1 aliphatic rings. The Balaban J connectivity index is 2.12. The summed E-state index contributed by atoms with van der Waals surface area (Å²) >= 11 is 0. The minimum Gasteiger partial charge on any atom is -0.444 e. The molecule has 0 heterocycles. The van der Waals surface area contributed by atoms with E-state index in [2.05, 4.69) is 5.32 Å². The van der Waals surface area contributed by atoms with E-state index in [0.29, 0.717) is 6.54 Å². The second-order valence-corrected chi connectivity index (χ2v) is 5.39. The summed E-state index contributed by atoms with van der Waals surface area (Å²) < 4.78 is 5.11. The molecule has 4 heteroatoms. The number of carbonyl (C=O) groups is 1. The highest BCUT2D eigenvalue weighted by Crippen LogP contribution is 2.31. The summed E-state index contributed by atoms with van der Waals surface area (Å²) in [6.45, 7) is 6.15. The lowest BCUT2D eigenvalue weighted by Gasteiger charge is -2.38. The van der Waals surface area contributed by atoms with Gasteiger partial charge in [-0.15, -0.1) is 0 Å². The average molecular weight is 214 g/mol. The van der Waals surface area contributed by atoms with Crippen LogP contribution in [0.2, 0.25) is 0 Å². The first-order valence-electron chi connectivity index (χ1n) is 5.57. The fourth-order valence-corrected chi connectivity index (χ4v) is 1.61. The molecule has 1 fully saturated rings. The number of alkyl carbamates (subject to hydrolysis) is 1. The number of amides is 1. The minimum absolute atomic E-state index is 0.0327. The first-order chi connectivity index (χ1) is 6.81. The van der Waals surface area contributed by atoms with E-state index in [4.69, 9.17) is 10.5 Å². The maximum atomic E-state index is 11.3. The number of ether oxygens (including phenoxy) is 1. The fraction of sp³-hybridized carbons (Fsp3) is 0.909. The zero-order valence-electron chi connectivity index (χ0n) is 9.93. The predicted octanol–water partition coefficient (Wildman–Crippen LogP) is 1.78. The summed E-state index contributed by atoms with van der Waals surface area (Å²) in [5, 5.41) is 2.72. The molecule has 0 aromatic heterocycles. The topological polar surface area (TPSA) is 64.3 Å². The maximum Gasteiger partial charge on any atom is 0.407 e. The Labute approximate surface area is 91.5 Å². The van der Waals surface area contributed by atoms with E-state index in [1.807, 2.05) is 20.8 Å². The van der Waals surface area contributed by atoms with Crippen molar-refractivity contribution in [3.8, 4) is 0 Å². The Morgan fingerprint density at radius 3 is 2.47 bits per heavy atom. The van der Waals surface area contributed by atoms with E-state index in [1.165, 1.54) is 6.42 Å². The second-order valence-electron chi connectivity index (χ2n) is 5.39. The summed E-state index contributed by atoms with van der Waals surface area (Å²) in [4.78, 5) is 11.3. The van der Waals surface area contributed by atoms with Gasteiger partial charge in [-0.2, -0.15) is 0 Å². The Morgan fingerprint density at radius 2 is 2.07 bits per heavy atom. The monoisotopic (exact) mass is 214 g/mol. The molecule has 1 saturated carbocycles. The van der Waals surface area contributed by atoms with Gasteiger partial charge >= 0.3 is 6.09 Å². The number of rotatable bonds is 3. The first-order valence-corrected chi connectivity index (χ1v) is 5.57. The minimum atomic E-state index is -0.430. The zero-order chi connectivity index (χ0) is 11.5. The molecule has 0 aromatic carbocycles. The van der Waals surface area contributed by atoms with Gasteiger partial charge in [0.2, 0.25) is 0 Å². The van der Waals surface area contributed by atoms with Crippen LogP contribution >= 0.6 is 0 Å². The molecule has 1 rings (SSSR count). The summed E-state index contributed by atoms with van der Waals surface area (Å²) in [7, 11) is 0. The van der Waals surface area contributed by atoms with Crippen LogP contribution in [0, 0.1) is 0 Å². The lowest BCUT2D eigenvalue weighted by Crippen LogP contribution is -2.49. The molecule has 1 aliphatic carbocycles. The predicted molar refractivity (Wildman–Crippen MR) is 59.6 cm³/mol. The van der Waals surface area contributed by atoms with E-state index in [1.54, 1.807) is 0 Å². The molecule has 0 unspecified atom stereocenters. The van der Waals surface area contributed by atoms with Crippen LogP contribution in [0.5, 0.6) is 0 Å². The van der Waals surface area contributed by atoms with Crippen LogP contribution in [-0.4, -0.2) is 23.8 Å². The van der Waals surface area contributed by atoms with E-state index >= 15 is 0 Å². The van der Waals surface area contributed by atoms with Crippen LogP contribution < -0.4 is 11.1 Å². The lowest BCUT2D eigenvalue weighted by atomic mass is 9.75. The van der Waals surface area contributed by atoms with Crippen molar-refractivity contribution in [2.75, 3.05) is 6.54 Å². The van der Waals surface area contributed by atoms with Gasteiger partial charge in [0.15, 0.2) is 0 Å². The van der Waals surface area contributed by atoms with Crippen molar-refractivity contribution in [1.82, 2.24) is 5.32 Å². The van der Waals surface area contributed by atoms with Crippen molar-refractivity contribution >= 4 is 6.09 Å². The van der Waals surface area contributed by atoms with Gasteiger partial charge in [-0.25, -0.2) is 4.79 Å². The quantitative estimate of drug-likeness (QED) is 0.752. The fourth-order valence-electron chi connectivity index (χ4n) is 1.61. The standard InChI is InChI=1S/C11H22N2O2/c1-10(2,3)15-9(14)13-8-7-11(12)5-4-6-11/h4-8,12H2,1-3H3,(H,13,14). The highest BCUT2D eigenvalue weighted by molar-refractivity contribution is 5.67. The number of nitrogens with one attached hydrogen (secondary N) is 1. The molecule has 88 valence electrons. The third-order valence-corrected chi connectivity index (χ3v) is 2.64. The van der Waals surface area contributed by atoms with Crippen molar-refractivity contribution in [2.45, 2.75) is 57.6 Å². The number of carbonyl (C=O) groups excluding carboxylic acids is 1. The summed E-state index contributed by atoms with van der Waals surface area (Å²) in [5.74, 6) is 0. The third kappa shape index (κ3) is 4.51. The molecule has 0 radical (unpaired) electrons. The molecule has 0 aromatic rings. The highest BCUT2D eigenvalue weighted by Gasteiger charge is 2.31. The van der Waals surface area contributed by atoms with Crippen LogP contribution in [0.25, 0.3) is 0 Å². The smallest absolute Gasteiger partial charge is 0.407 e. The number of hydrogen-bond acceptors (Lipinski definition) is 3. The van der Waals surface area contributed by atoms with Crippen molar-refractivity contribution < 1.29 is 9.53 Å². The molecule has 15 heavy (non-hydrogen) atoms. The first kappa shape index (κ1) is 12.3. The second kappa shape index (κ2) is 4.39. The van der Waals surface area contributed by atoms with Crippen molar-refractivity contribution in [1.29, 1.82) is 0 Å². The van der Waals surface area contributed by atoms with E-state index in [9.17, 15) is 4.79 Å². The molecule has 0 bridgehead atoms. The van der Waals surface area contributed by atoms with E-state index in [-0.39, 0.29) is 11.6 Å². The molecule has 4 nitrogen and oxygen atoms in total. The number of nitrogens with two attached hydrogens (primary N) is 1. The molecule has 0 saturated heterocycles. The summed E-state index contributed by atoms with van der Waals surface area (Å²) in [6.07, 6.45) is 3.84. The zero-order valence-corrected chi connectivity index (χ0v) is 9.93. The lowest BCUT2D eigenvalue weighted by molar-refractivity contribution is 0.0520. The Bertz CT molecular complexity index is 229. The highest BCUT2D eigenvalue weighted by atomic mass is 16.6. The van der Waals surface area contributed by atoms with Crippen molar-refractivity contribution in [3.63, 3.8) is 0 Å². The van der Waals surface area contributed by atoms with Crippen LogP contribution in [-0.2, 0) is 4.74 Å². The summed E-state index contributed by atoms with van der Waals surface area (Å²) in [5.41, 5.74) is 5.56. The van der Waals surface area contributed by atoms with E-state index in [0.717, 1.165) is 19.3 Å². The van der Waals surface area contributed by atoms with Crippen LogP contribution in [0.1, 0.15) is 46.5 Å². The van der Waals surface area contributed by atoms with Gasteiger partial charge in [-0.05, 0) is 46.5 Å². The van der Waals surface area contributed by atoms with Crippen LogP contribution in [0.15, 0.2) is 0 Å². The maximum absolute atomic E-state index is 11.3. The van der Waals surface area contributed by atoms with Crippen LogP contribution in [0.4, 0.5) is 4.79 Å². The molecule has 0 atom stereocenters. The van der Waals surface area contributed by atoms with Gasteiger partial charge in [0, 0.05) is 12.1 Å². The van der Waals surface area contributed by atoms with E-state index < -0.39 is 5.60 Å². The molecule has 0 aliphatic heterocycles. The average Bonchev–Trinajstić information content (AvgIpc) is 1.97. The third-order valence-electron chi connectivity index (χ3n) is 2.64. The van der Waals surface area contributed by atoms with Crippen LogP contribution in [0.3, 0.4) is 0 Å². The Kier molecular flexibility index (Phi) is 3.60. The van der Waals surface area contributed by atoms with Gasteiger partial charge in [-0.3, -0.25) is 0 Å². The van der Waals surface area contributed by atoms with Crippen molar-refractivity contribution in [2.24, 2.45) is 5.73 Å². The summed E-state index contributed by atoms with van der Waals surface area (Å²) in [6, 6.07) is 0. The van der Waals surface area contributed by atoms with Gasteiger partial charge in [0.25, 0.3) is 0 Å². The van der Waals surface area contributed by atoms with Gasteiger partial charge in [0.05, 0.1) is 0 Å². The largest absolute Gasteiger partial charge is 0.444 e. The SMILES string of the molecule is CC(C)(C)OC(=O)NCCC1(N)CCC1. The molecular formula is C11H22N2O2.